The summed E-state index contributed by atoms with van der Waals surface area (Å²) < 4.78 is 38.9. The fraction of sp³-hybridized carbons (Fsp3) is 0.857. The molecule has 84 valence electrons. The fourth-order valence-electron chi connectivity index (χ4n) is 0.595. The maximum absolute atomic E-state index is 11.5. The Bertz CT molecular complexity index is 182. The molecular formula is C7H13F3N2O2. The van der Waals surface area contributed by atoms with Crippen LogP contribution in [0.3, 0.4) is 0 Å². The quantitative estimate of drug-likeness (QED) is 0.634. The zero-order valence-electron chi connectivity index (χ0n) is 7.73. The Morgan fingerprint density at radius 2 is 2.14 bits per heavy atom. The molecule has 0 aromatic heterocycles. The summed E-state index contributed by atoms with van der Waals surface area (Å²) in [6.45, 7) is 0.0153. The third-order valence-electron chi connectivity index (χ3n) is 1.22. The second-order valence-electron chi connectivity index (χ2n) is 2.75. The van der Waals surface area contributed by atoms with Crippen molar-refractivity contribution in [1.82, 2.24) is 5.32 Å². The molecule has 0 aromatic carbocycles. The summed E-state index contributed by atoms with van der Waals surface area (Å²) in [7, 11) is 0. The van der Waals surface area contributed by atoms with Gasteiger partial charge in [0, 0.05) is 6.54 Å². The Balaban J connectivity index is 3.35. The van der Waals surface area contributed by atoms with E-state index in [1.165, 1.54) is 6.92 Å². The number of halogens is 3. The molecule has 4 nitrogen and oxygen atoms in total. The highest BCUT2D eigenvalue weighted by Crippen LogP contribution is 2.13. The first-order chi connectivity index (χ1) is 6.33. The molecule has 1 unspecified atom stereocenters. The predicted octanol–water partition coefficient (Wildman–Crippen LogP) is 0.0287. The molecule has 0 aliphatic carbocycles. The first-order valence-electron chi connectivity index (χ1n) is 4.00. The number of nitrogens with two attached hydrogens (primary N) is 1. The Morgan fingerprint density at radius 3 is 2.57 bits per heavy atom. The van der Waals surface area contributed by atoms with E-state index in [-0.39, 0.29) is 13.2 Å². The van der Waals surface area contributed by atoms with Crippen LogP contribution in [0.15, 0.2) is 0 Å². The van der Waals surface area contributed by atoms with Gasteiger partial charge in [0.25, 0.3) is 0 Å². The SMILES string of the molecule is CC(N)C(=O)NCCOCC(F)(F)F. The number of rotatable bonds is 5. The van der Waals surface area contributed by atoms with Crippen LogP contribution in [0.5, 0.6) is 0 Å². The van der Waals surface area contributed by atoms with Crippen molar-refractivity contribution in [3.63, 3.8) is 0 Å². The molecule has 0 radical (unpaired) electrons. The summed E-state index contributed by atoms with van der Waals surface area (Å²) >= 11 is 0. The lowest BCUT2D eigenvalue weighted by atomic mass is 10.3. The molecule has 14 heavy (non-hydrogen) atoms. The van der Waals surface area contributed by atoms with Crippen molar-refractivity contribution in [3.8, 4) is 0 Å². The van der Waals surface area contributed by atoms with Crippen molar-refractivity contribution < 1.29 is 22.7 Å². The first kappa shape index (κ1) is 13.2. The number of amides is 1. The summed E-state index contributed by atoms with van der Waals surface area (Å²) in [6, 6.07) is -0.669. The summed E-state index contributed by atoms with van der Waals surface area (Å²) in [5.74, 6) is -0.416. The van der Waals surface area contributed by atoms with E-state index in [1.54, 1.807) is 0 Å². The van der Waals surface area contributed by atoms with Gasteiger partial charge in [-0.3, -0.25) is 4.79 Å². The van der Waals surface area contributed by atoms with E-state index in [2.05, 4.69) is 10.1 Å². The van der Waals surface area contributed by atoms with Gasteiger partial charge in [0.15, 0.2) is 0 Å². The second-order valence-corrected chi connectivity index (χ2v) is 2.75. The van der Waals surface area contributed by atoms with E-state index in [1.807, 2.05) is 0 Å². The van der Waals surface area contributed by atoms with Gasteiger partial charge in [-0.15, -0.1) is 0 Å². The van der Waals surface area contributed by atoms with Crippen molar-refractivity contribution in [2.75, 3.05) is 19.8 Å². The Kier molecular flexibility index (Phi) is 5.47. The zero-order chi connectivity index (χ0) is 11.2. The van der Waals surface area contributed by atoms with E-state index >= 15 is 0 Å². The van der Waals surface area contributed by atoms with E-state index in [4.69, 9.17) is 5.73 Å². The maximum Gasteiger partial charge on any atom is 0.411 e. The number of hydrogen-bond acceptors (Lipinski definition) is 3. The van der Waals surface area contributed by atoms with Crippen LogP contribution in [-0.4, -0.2) is 37.9 Å². The lowest BCUT2D eigenvalue weighted by molar-refractivity contribution is -0.173. The predicted molar refractivity (Wildman–Crippen MR) is 43.5 cm³/mol. The molecule has 0 saturated heterocycles. The van der Waals surface area contributed by atoms with Gasteiger partial charge in [-0.1, -0.05) is 0 Å². The van der Waals surface area contributed by atoms with E-state index in [0.717, 1.165) is 0 Å². The summed E-state index contributed by atoms with van der Waals surface area (Å²) in [5.41, 5.74) is 5.19. The van der Waals surface area contributed by atoms with Gasteiger partial charge >= 0.3 is 6.18 Å². The highest BCUT2D eigenvalue weighted by atomic mass is 19.4. The van der Waals surface area contributed by atoms with E-state index in [0.29, 0.717) is 0 Å². The van der Waals surface area contributed by atoms with Gasteiger partial charge in [0.1, 0.15) is 6.61 Å². The number of ether oxygens (including phenoxy) is 1. The van der Waals surface area contributed by atoms with Gasteiger partial charge in [-0.2, -0.15) is 13.2 Å². The molecule has 0 bridgehead atoms. The Morgan fingerprint density at radius 1 is 1.57 bits per heavy atom. The van der Waals surface area contributed by atoms with Crippen LogP contribution in [0.25, 0.3) is 0 Å². The van der Waals surface area contributed by atoms with Crippen LogP contribution in [0.1, 0.15) is 6.92 Å². The molecule has 0 saturated carbocycles. The smallest absolute Gasteiger partial charge is 0.370 e. The first-order valence-corrected chi connectivity index (χ1v) is 4.00. The largest absolute Gasteiger partial charge is 0.411 e. The van der Waals surface area contributed by atoms with Crippen molar-refractivity contribution in [2.45, 2.75) is 19.1 Å². The topological polar surface area (TPSA) is 64.4 Å². The minimum absolute atomic E-state index is 0.0243. The molecule has 0 spiro atoms. The molecule has 3 N–H and O–H groups in total. The Labute approximate surface area is 79.6 Å². The molecule has 1 amide bonds. The molecule has 0 aromatic rings. The number of carbonyl (C=O) groups is 1. The highest BCUT2D eigenvalue weighted by Gasteiger charge is 2.27. The minimum atomic E-state index is -4.33. The van der Waals surface area contributed by atoms with Crippen LogP contribution in [0, 0.1) is 0 Å². The highest BCUT2D eigenvalue weighted by molar-refractivity contribution is 5.80. The Hall–Kier alpha value is -0.820. The average molecular weight is 214 g/mol. The van der Waals surface area contributed by atoms with Gasteiger partial charge in [-0.05, 0) is 6.92 Å². The molecular weight excluding hydrogens is 201 g/mol. The standard InChI is InChI=1S/C7H13F3N2O2/c1-5(11)6(13)12-2-3-14-4-7(8,9)10/h5H,2-4,11H2,1H3,(H,12,13). The van der Waals surface area contributed by atoms with Gasteiger partial charge in [0.05, 0.1) is 12.6 Å². The van der Waals surface area contributed by atoms with Crippen LogP contribution >= 0.6 is 0 Å². The third kappa shape index (κ3) is 7.81. The van der Waals surface area contributed by atoms with Crippen LogP contribution < -0.4 is 11.1 Å². The molecule has 0 fully saturated rings. The summed E-state index contributed by atoms with van der Waals surface area (Å²) in [4.78, 5) is 10.8. The van der Waals surface area contributed by atoms with Gasteiger partial charge in [0.2, 0.25) is 5.91 Å². The summed E-state index contributed by atoms with van der Waals surface area (Å²) in [5, 5.41) is 2.31. The van der Waals surface area contributed by atoms with Crippen LogP contribution in [0.2, 0.25) is 0 Å². The molecule has 0 aliphatic heterocycles. The van der Waals surface area contributed by atoms with Crippen molar-refractivity contribution >= 4 is 5.91 Å². The minimum Gasteiger partial charge on any atom is -0.370 e. The summed E-state index contributed by atoms with van der Waals surface area (Å²) in [6.07, 6.45) is -4.33. The van der Waals surface area contributed by atoms with Gasteiger partial charge < -0.3 is 15.8 Å². The number of carbonyl (C=O) groups excluding carboxylic acids is 1. The van der Waals surface area contributed by atoms with Crippen molar-refractivity contribution in [3.05, 3.63) is 0 Å². The molecule has 1 atom stereocenters. The zero-order valence-corrected chi connectivity index (χ0v) is 7.73. The van der Waals surface area contributed by atoms with Crippen molar-refractivity contribution in [2.24, 2.45) is 5.73 Å². The van der Waals surface area contributed by atoms with Crippen molar-refractivity contribution in [1.29, 1.82) is 0 Å². The maximum atomic E-state index is 11.5. The van der Waals surface area contributed by atoms with Gasteiger partial charge in [-0.25, -0.2) is 0 Å². The lowest BCUT2D eigenvalue weighted by Crippen LogP contribution is -2.39. The number of hydrogen-bond donors (Lipinski definition) is 2. The number of nitrogens with one attached hydrogen (secondary N) is 1. The molecule has 7 heteroatoms. The molecule has 0 aliphatic rings. The third-order valence-corrected chi connectivity index (χ3v) is 1.22. The second kappa shape index (κ2) is 5.82. The van der Waals surface area contributed by atoms with E-state index < -0.39 is 24.7 Å². The monoisotopic (exact) mass is 214 g/mol. The fourth-order valence-corrected chi connectivity index (χ4v) is 0.595. The number of alkyl halides is 3. The lowest BCUT2D eigenvalue weighted by Gasteiger charge is -2.09. The average Bonchev–Trinajstić information content (AvgIpc) is 2.01. The molecule has 0 heterocycles. The van der Waals surface area contributed by atoms with Crippen LogP contribution in [0.4, 0.5) is 13.2 Å². The van der Waals surface area contributed by atoms with Crippen LogP contribution in [-0.2, 0) is 9.53 Å². The normalized spacial score (nSPS) is 13.8. The molecule has 0 rings (SSSR count). The van der Waals surface area contributed by atoms with E-state index in [9.17, 15) is 18.0 Å².